The summed E-state index contributed by atoms with van der Waals surface area (Å²) in [5.74, 6) is -2.50. The van der Waals surface area contributed by atoms with Crippen molar-refractivity contribution >= 4 is 46.3 Å². The number of ketones is 6. The Balaban J connectivity index is 0.000000337. The number of hydrogen-bond acceptors (Lipinski definition) is 24. The Morgan fingerprint density at radius 3 is 0.711 bits per heavy atom. The van der Waals surface area contributed by atoms with Gasteiger partial charge in [0.1, 0.15) is 104 Å². The molecule has 0 bridgehead atoms. The number of ether oxygens (including phenoxy) is 6. The molecule has 0 amide bonds. The minimum atomic E-state index is -0.558. The molecule has 12 rings (SSSR count). The highest BCUT2D eigenvalue weighted by Gasteiger charge is 2.24. The number of benzene rings is 12. The van der Waals surface area contributed by atoms with Crippen molar-refractivity contribution in [2.45, 2.75) is 162 Å². The van der Waals surface area contributed by atoms with E-state index in [-0.39, 0.29) is 192 Å². The van der Waals surface area contributed by atoms with E-state index >= 15 is 0 Å². The highest BCUT2D eigenvalue weighted by Crippen LogP contribution is 2.37. The molecule has 24 nitrogen and oxygen atoms in total. The average Bonchev–Trinajstić information content (AvgIpc) is 0.851. The molecule has 0 aliphatic rings. The lowest BCUT2D eigenvalue weighted by molar-refractivity contribution is 0.0909. The van der Waals surface area contributed by atoms with E-state index in [2.05, 4.69) is 0 Å². The number of phenols is 12. The van der Waals surface area contributed by atoms with Crippen LogP contribution in [0.2, 0.25) is 5.02 Å². The van der Waals surface area contributed by atoms with Crippen LogP contribution in [0.4, 0.5) is 8.78 Å². The first kappa shape index (κ1) is 113. The number of Topliss-reactive ketones (excluding diaryl/α,β-unsaturated/α-hetero) is 6. The van der Waals surface area contributed by atoms with Crippen LogP contribution in [0, 0.1) is 32.4 Å². The first-order valence-corrected chi connectivity index (χ1v) is 43.2. The average molecular weight is 1880 g/mol. The maximum absolute atomic E-state index is 13.4. The first-order chi connectivity index (χ1) is 63.1. The zero-order valence-electron chi connectivity index (χ0n) is 74.9. The number of para-hydroxylation sites is 2. The molecule has 0 unspecified atom stereocenters. The minimum Gasteiger partial charge on any atom is -0.508 e. The molecule has 12 aromatic rings. The molecule has 0 aliphatic heterocycles. The van der Waals surface area contributed by atoms with Crippen molar-refractivity contribution in [1.82, 2.24) is 0 Å². The summed E-state index contributed by atoms with van der Waals surface area (Å²) < 4.78 is 58.5. The molecule has 0 aliphatic carbocycles. The summed E-state index contributed by atoms with van der Waals surface area (Å²) in [5, 5.41) is 118. The molecule has 720 valence electrons. The monoisotopic (exact) mass is 1880 g/mol. The molecule has 0 fully saturated rings. The van der Waals surface area contributed by atoms with Gasteiger partial charge in [-0.05, 0) is 202 Å². The highest BCUT2D eigenvalue weighted by atomic mass is 35.5. The van der Waals surface area contributed by atoms with Crippen LogP contribution < -0.4 is 28.4 Å². The highest BCUT2D eigenvalue weighted by molar-refractivity contribution is 6.32. The van der Waals surface area contributed by atoms with Gasteiger partial charge >= 0.3 is 0 Å². The third-order valence-electron chi connectivity index (χ3n) is 19.8. The normalized spacial score (nSPS) is 10.2. The molecular weight excluding hydrogens is 1750 g/mol. The fourth-order valence-corrected chi connectivity index (χ4v) is 13.0. The zero-order chi connectivity index (χ0) is 96.7. The van der Waals surface area contributed by atoms with Gasteiger partial charge in [0.25, 0.3) is 0 Å². The molecule has 0 atom stereocenters. The number of rotatable bonds is 36. The summed E-state index contributed by atoms with van der Waals surface area (Å²) in [6.45, 7) is 16.3. The quantitative estimate of drug-likeness (QED) is 0.0162. The Labute approximate surface area is 792 Å². The Hall–Kier alpha value is -14.8. The molecule has 0 saturated heterocycles. The van der Waals surface area contributed by atoms with E-state index in [1.807, 2.05) is 98.7 Å². The lowest BCUT2D eigenvalue weighted by atomic mass is 10.0. The van der Waals surface area contributed by atoms with Crippen LogP contribution >= 0.6 is 11.6 Å². The Morgan fingerprint density at radius 1 is 0.252 bits per heavy atom. The van der Waals surface area contributed by atoms with E-state index < -0.39 is 29.8 Å². The number of halogens is 3. The summed E-state index contributed by atoms with van der Waals surface area (Å²) in [5.41, 5.74) is 7.87. The Kier molecular flexibility index (Phi) is 47.4. The SMILES string of the molecule is C.C.C.CCCc1cc(C(=O)COc2ccc(C)cc2)c(O)cc1O.CCCc1cc(C(=O)COc2ccc(C)cc2)c(O)cc1O.CCCc1cc(C(=O)COc2ccc(C)cc2)c(O)cc1O.CCCc1cc(C(=O)COc2cccc(F)c2)c(O)cc1O.CCCc1cc(C(=O)COc2ccccc2Cl)c(O)cc1O.CCCc1cc(C(=O)COc2ccccc2F)c(O)cc1O. The number of aromatic hydroxyl groups is 12. The number of carbonyl (C=O) groups excluding carboxylic acids is 6. The molecular formula is C108H123ClF2O24. The van der Waals surface area contributed by atoms with Crippen molar-refractivity contribution in [1.29, 1.82) is 0 Å². The lowest BCUT2D eigenvalue weighted by Gasteiger charge is -2.10. The maximum Gasteiger partial charge on any atom is 0.203 e. The van der Waals surface area contributed by atoms with Gasteiger partial charge in [-0.25, -0.2) is 8.78 Å². The molecule has 0 radical (unpaired) electrons. The molecule has 12 N–H and O–H groups in total. The molecule has 0 spiro atoms. The van der Waals surface area contributed by atoms with Crippen LogP contribution in [-0.2, 0) is 38.5 Å². The van der Waals surface area contributed by atoms with Gasteiger partial charge in [0.15, 0.2) is 51.2 Å². The molecule has 0 saturated carbocycles. The van der Waals surface area contributed by atoms with Crippen molar-refractivity contribution in [3.05, 3.63) is 318 Å². The number of phenolic OH excluding ortho intramolecular Hbond substituents is 12. The predicted octanol–water partition coefficient (Wildman–Crippen LogP) is 23.6. The Bertz CT molecular complexity index is 5480. The minimum absolute atomic E-state index is 0. The summed E-state index contributed by atoms with van der Waals surface area (Å²) in [6, 6.07) is 56.4. The van der Waals surface area contributed by atoms with E-state index in [0.717, 1.165) is 67.3 Å². The van der Waals surface area contributed by atoms with Crippen LogP contribution in [0.5, 0.6) is 103 Å². The molecule has 0 heterocycles. The number of hydrogen-bond donors (Lipinski definition) is 12. The predicted molar refractivity (Wildman–Crippen MR) is 520 cm³/mol. The van der Waals surface area contributed by atoms with Crippen molar-refractivity contribution in [2.75, 3.05) is 39.6 Å². The van der Waals surface area contributed by atoms with Crippen molar-refractivity contribution in [2.24, 2.45) is 0 Å². The largest absolute Gasteiger partial charge is 0.508 e. The van der Waals surface area contributed by atoms with Crippen LogP contribution in [-0.4, -0.2) is 136 Å². The zero-order valence-corrected chi connectivity index (χ0v) is 75.7. The second kappa shape index (κ2) is 56.8. The van der Waals surface area contributed by atoms with Crippen molar-refractivity contribution in [3.63, 3.8) is 0 Å². The van der Waals surface area contributed by atoms with Crippen molar-refractivity contribution in [3.8, 4) is 103 Å². The van der Waals surface area contributed by atoms with E-state index in [0.29, 0.717) is 99.9 Å². The van der Waals surface area contributed by atoms with Gasteiger partial charge in [-0.2, -0.15) is 0 Å². The van der Waals surface area contributed by atoms with Gasteiger partial charge in [0.2, 0.25) is 34.7 Å². The Morgan fingerprint density at radius 2 is 0.474 bits per heavy atom. The smallest absolute Gasteiger partial charge is 0.203 e. The second-order valence-electron chi connectivity index (χ2n) is 30.5. The fourth-order valence-electron chi connectivity index (χ4n) is 12.8. The van der Waals surface area contributed by atoms with E-state index in [9.17, 15) is 98.8 Å². The number of carbonyl (C=O) groups is 6. The molecule has 0 aromatic heterocycles. The fraction of sp³-hybridized carbons (Fsp3) is 0.278. The van der Waals surface area contributed by atoms with Crippen LogP contribution in [0.1, 0.15) is 215 Å². The third kappa shape index (κ3) is 35.4. The van der Waals surface area contributed by atoms with Gasteiger partial charge in [-0.15, -0.1) is 0 Å². The second-order valence-corrected chi connectivity index (χ2v) is 30.9. The van der Waals surface area contributed by atoms with Gasteiger partial charge < -0.3 is 89.7 Å². The standard InChI is InChI=1S/3C18H20O4.C17H17ClO4.2C17H17FO4.3CH4/c3*1-3-4-13-9-15(17(20)10-16(13)19)18(21)11-22-14-7-5-12(2)6-8-14;2*1-2-5-11-8-12(15(20)9-14(11)19)16(21)10-22-17-7-4-3-6-13(17)18;1-2-4-11-7-14(16(20)9-15(11)19)17(21)10-22-13-6-3-5-12(18)8-13;;;/h3*5-10,19-20H,3-4,11H2,1-2H3;2*3-4,6-9,19-20H,2,5,10H2,1H3;3,5-9,19-20H,2,4,10H2,1H3;3*1H4. The summed E-state index contributed by atoms with van der Waals surface area (Å²) >= 11 is 5.95. The maximum atomic E-state index is 13.4. The van der Waals surface area contributed by atoms with Crippen LogP contribution in [0.3, 0.4) is 0 Å². The molecule has 27 heteroatoms. The van der Waals surface area contributed by atoms with Crippen LogP contribution in [0.25, 0.3) is 0 Å². The van der Waals surface area contributed by atoms with E-state index in [4.69, 9.17) is 40.0 Å². The summed E-state index contributed by atoms with van der Waals surface area (Å²) in [4.78, 5) is 73.1. The first-order valence-electron chi connectivity index (χ1n) is 42.8. The lowest BCUT2D eigenvalue weighted by Crippen LogP contribution is -2.13. The summed E-state index contributed by atoms with van der Waals surface area (Å²) in [7, 11) is 0. The van der Waals surface area contributed by atoms with Gasteiger partial charge in [0.05, 0.1) is 38.4 Å². The van der Waals surface area contributed by atoms with E-state index in [1.54, 1.807) is 66.7 Å². The third-order valence-corrected chi connectivity index (χ3v) is 20.1. The molecule has 135 heavy (non-hydrogen) atoms. The summed E-state index contributed by atoms with van der Waals surface area (Å²) in [6.07, 6.45) is 8.66. The number of aryl methyl sites for hydroxylation is 9. The topological polar surface area (TPSA) is 401 Å². The van der Waals surface area contributed by atoms with Crippen LogP contribution in [0.15, 0.2) is 218 Å². The van der Waals surface area contributed by atoms with Gasteiger partial charge in [0, 0.05) is 42.5 Å². The van der Waals surface area contributed by atoms with Gasteiger partial charge in [-0.1, -0.05) is 197 Å². The van der Waals surface area contributed by atoms with Crippen molar-refractivity contribution < 1.29 is 127 Å². The van der Waals surface area contributed by atoms with E-state index in [1.165, 1.54) is 103 Å². The molecule has 12 aromatic carbocycles. The van der Waals surface area contributed by atoms with Gasteiger partial charge in [-0.3, -0.25) is 28.8 Å².